The average Bonchev–Trinajstić information content (AvgIpc) is 2.92. The summed E-state index contributed by atoms with van der Waals surface area (Å²) in [5.74, 6) is -0.183. The summed E-state index contributed by atoms with van der Waals surface area (Å²) in [6.07, 6.45) is -1.93. The summed E-state index contributed by atoms with van der Waals surface area (Å²) in [6, 6.07) is 5.79. The number of halogens is 5. The molecule has 3 heterocycles. The minimum absolute atomic E-state index is 0.0201. The second-order valence-electron chi connectivity index (χ2n) is 12.3. The van der Waals surface area contributed by atoms with Gasteiger partial charge in [0.2, 0.25) is 0 Å². The summed E-state index contributed by atoms with van der Waals surface area (Å²) in [6.45, 7) is 6.01. The van der Waals surface area contributed by atoms with Crippen molar-refractivity contribution < 1.29 is 31.5 Å². The maximum Gasteiger partial charge on any atom is 0.417 e. The second-order valence-corrected chi connectivity index (χ2v) is 13.3. The maximum absolute atomic E-state index is 15.5. The van der Waals surface area contributed by atoms with Gasteiger partial charge in [0.05, 0.1) is 18.3 Å². The van der Waals surface area contributed by atoms with Crippen LogP contribution in [0.1, 0.15) is 68.1 Å². The highest BCUT2D eigenvalue weighted by molar-refractivity contribution is 8.13. The number of aromatic nitrogens is 1. The van der Waals surface area contributed by atoms with E-state index in [0.717, 1.165) is 18.6 Å². The number of ether oxygens (including phenoxy) is 1. The number of benzene rings is 1. The lowest BCUT2D eigenvalue weighted by Gasteiger charge is -2.51. The lowest BCUT2D eigenvalue weighted by atomic mass is 9.64. The number of rotatable bonds is 5. The van der Waals surface area contributed by atoms with E-state index in [2.05, 4.69) is 24.1 Å². The van der Waals surface area contributed by atoms with Crippen LogP contribution in [0.5, 0.6) is 0 Å². The molecular formula is C30H35F5N4O2S. The molecule has 1 aromatic heterocycles. The summed E-state index contributed by atoms with van der Waals surface area (Å²) >= 11 is 1.39. The van der Waals surface area contributed by atoms with Crippen molar-refractivity contribution in [3.8, 4) is 0 Å². The van der Waals surface area contributed by atoms with Gasteiger partial charge >= 0.3 is 6.18 Å². The van der Waals surface area contributed by atoms with Gasteiger partial charge in [0.15, 0.2) is 5.17 Å². The Morgan fingerprint density at radius 1 is 1.24 bits per heavy atom. The number of nitrogens with two attached hydrogens (primary N) is 1. The SMILES string of the molecule is CC(C)C1CCC(C)(F)CC1[C@H]1C[C@H]2CSC(N)=N[C@@]2(c2cc(NC(=O)c3ccc(C(F)(F)F)cn3)ccc2F)CO1. The number of hydrogen-bond donors (Lipinski definition) is 2. The van der Waals surface area contributed by atoms with Crippen LogP contribution in [0.3, 0.4) is 0 Å². The summed E-state index contributed by atoms with van der Waals surface area (Å²) in [5, 5.41) is 2.89. The third kappa shape index (κ3) is 6.15. The van der Waals surface area contributed by atoms with Gasteiger partial charge in [0, 0.05) is 29.1 Å². The molecule has 6 atom stereocenters. The van der Waals surface area contributed by atoms with Crippen LogP contribution in [0.15, 0.2) is 41.5 Å². The highest BCUT2D eigenvalue weighted by atomic mass is 32.2. The van der Waals surface area contributed by atoms with Gasteiger partial charge in [-0.25, -0.2) is 13.8 Å². The third-order valence-electron chi connectivity index (χ3n) is 9.01. The Morgan fingerprint density at radius 3 is 2.67 bits per heavy atom. The fourth-order valence-electron chi connectivity index (χ4n) is 6.78. The fraction of sp³-hybridized carbons (Fsp3) is 0.567. The largest absolute Gasteiger partial charge is 0.417 e. The molecule has 228 valence electrons. The predicted molar refractivity (Wildman–Crippen MR) is 152 cm³/mol. The summed E-state index contributed by atoms with van der Waals surface area (Å²) in [5.41, 5.74) is 2.97. The van der Waals surface area contributed by atoms with Crippen LogP contribution in [0.2, 0.25) is 0 Å². The number of carbonyl (C=O) groups is 1. The zero-order chi connectivity index (χ0) is 30.4. The number of nitrogens with one attached hydrogen (secondary N) is 1. The van der Waals surface area contributed by atoms with Crippen molar-refractivity contribution in [2.24, 2.45) is 34.4 Å². The molecular weight excluding hydrogens is 575 g/mol. The summed E-state index contributed by atoms with van der Waals surface area (Å²) in [7, 11) is 0. The number of aliphatic imine (C=N–C) groups is 1. The molecule has 3 N–H and O–H groups in total. The Morgan fingerprint density at radius 2 is 2.00 bits per heavy atom. The van der Waals surface area contributed by atoms with E-state index in [4.69, 9.17) is 15.5 Å². The van der Waals surface area contributed by atoms with Crippen LogP contribution in [0.25, 0.3) is 0 Å². The number of alkyl halides is 4. The highest BCUT2D eigenvalue weighted by Gasteiger charge is 2.53. The minimum atomic E-state index is -4.58. The molecule has 2 aliphatic heterocycles. The lowest BCUT2D eigenvalue weighted by Crippen LogP contribution is -2.54. The normalized spacial score (nSPS) is 31.8. The zero-order valence-electron chi connectivity index (χ0n) is 23.7. The molecule has 42 heavy (non-hydrogen) atoms. The van der Waals surface area contributed by atoms with Crippen molar-refractivity contribution in [2.75, 3.05) is 17.7 Å². The zero-order valence-corrected chi connectivity index (χ0v) is 24.5. The molecule has 1 saturated carbocycles. The number of anilines is 1. The van der Waals surface area contributed by atoms with Gasteiger partial charge < -0.3 is 15.8 Å². The molecule has 2 aromatic rings. The van der Waals surface area contributed by atoms with Crippen molar-refractivity contribution in [1.29, 1.82) is 0 Å². The van der Waals surface area contributed by atoms with Gasteiger partial charge in [-0.1, -0.05) is 25.6 Å². The first-order valence-electron chi connectivity index (χ1n) is 14.1. The fourth-order valence-corrected chi connectivity index (χ4v) is 7.79. The summed E-state index contributed by atoms with van der Waals surface area (Å²) < 4.78 is 75.8. The molecule has 12 heteroatoms. The van der Waals surface area contributed by atoms with Crippen LogP contribution in [-0.2, 0) is 16.5 Å². The number of pyridine rings is 1. The van der Waals surface area contributed by atoms with Crippen molar-refractivity contribution >= 4 is 28.5 Å². The van der Waals surface area contributed by atoms with E-state index < -0.39 is 34.7 Å². The number of hydrogen-bond acceptors (Lipinski definition) is 6. The molecule has 1 saturated heterocycles. The van der Waals surface area contributed by atoms with Crippen LogP contribution in [-0.4, -0.2) is 40.2 Å². The van der Waals surface area contributed by atoms with Gasteiger partial charge in [-0.3, -0.25) is 9.78 Å². The molecule has 1 aliphatic carbocycles. The van der Waals surface area contributed by atoms with Crippen LogP contribution in [0.4, 0.5) is 27.6 Å². The molecule has 2 fully saturated rings. The van der Waals surface area contributed by atoms with E-state index in [9.17, 15) is 18.0 Å². The van der Waals surface area contributed by atoms with E-state index in [-0.39, 0.29) is 41.5 Å². The lowest BCUT2D eigenvalue weighted by molar-refractivity contribution is -0.137. The van der Waals surface area contributed by atoms with Crippen LogP contribution >= 0.6 is 11.8 Å². The number of amides is 1. The molecule has 1 amide bonds. The first-order valence-corrected chi connectivity index (χ1v) is 15.1. The van der Waals surface area contributed by atoms with Crippen molar-refractivity contribution in [1.82, 2.24) is 4.98 Å². The van der Waals surface area contributed by atoms with Gasteiger partial charge in [0.25, 0.3) is 5.91 Å². The third-order valence-corrected chi connectivity index (χ3v) is 9.97. The highest BCUT2D eigenvalue weighted by Crippen LogP contribution is 2.52. The summed E-state index contributed by atoms with van der Waals surface area (Å²) in [4.78, 5) is 21.1. The number of amidine groups is 1. The molecule has 5 rings (SSSR count). The van der Waals surface area contributed by atoms with Gasteiger partial charge in [0.1, 0.15) is 22.7 Å². The Labute approximate surface area is 246 Å². The van der Waals surface area contributed by atoms with Crippen molar-refractivity contribution in [2.45, 2.75) is 69.9 Å². The molecule has 0 bridgehead atoms. The van der Waals surface area contributed by atoms with E-state index >= 15 is 8.78 Å². The Kier molecular flexibility index (Phi) is 8.34. The van der Waals surface area contributed by atoms with Gasteiger partial charge in [-0.2, -0.15) is 13.2 Å². The second kappa shape index (κ2) is 11.4. The van der Waals surface area contributed by atoms with Crippen LogP contribution in [0, 0.1) is 29.5 Å². The Balaban J connectivity index is 1.41. The van der Waals surface area contributed by atoms with E-state index in [1.54, 1.807) is 6.92 Å². The van der Waals surface area contributed by atoms with E-state index in [1.807, 2.05) is 0 Å². The maximum atomic E-state index is 15.5. The molecule has 0 radical (unpaired) electrons. The smallest absolute Gasteiger partial charge is 0.379 e. The standard InChI is InChI=1S/C30H35F5N4O2S/c1-16(2)20-8-9-28(3,32)12-21(20)25-10-18-14-42-27(36)39-29(18,15-41-25)22-11-19(5-6-23(22)31)38-26(40)24-7-4-17(13-37-24)30(33,34)35/h4-7,11,13,16,18,20-21,25H,8-10,12,14-15H2,1-3H3,(H2,36,39)(H,38,40)/t18-,20?,21?,25+,28?,29-/m0/s1. The number of carbonyl (C=O) groups excluding carboxylic acids is 1. The monoisotopic (exact) mass is 610 g/mol. The molecule has 0 spiro atoms. The van der Waals surface area contributed by atoms with E-state index in [0.29, 0.717) is 48.2 Å². The predicted octanol–water partition coefficient (Wildman–Crippen LogP) is 6.95. The number of fused-ring (bicyclic) bond motifs is 1. The van der Waals surface area contributed by atoms with Crippen LogP contribution < -0.4 is 11.1 Å². The van der Waals surface area contributed by atoms with Gasteiger partial charge in [-0.15, -0.1) is 0 Å². The quantitative estimate of drug-likeness (QED) is 0.358. The van der Waals surface area contributed by atoms with Crippen molar-refractivity contribution in [3.63, 3.8) is 0 Å². The average molecular weight is 611 g/mol. The van der Waals surface area contributed by atoms with Crippen molar-refractivity contribution in [3.05, 3.63) is 59.2 Å². The molecule has 3 unspecified atom stereocenters. The topological polar surface area (TPSA) is 89.6 Å². The van der Waals surface area contributed by atoms with E-state index in [1.165, 1.54) is 30.0 Å². The molecule has 1 aromatic carbocycles. The first kappa shape index (κ1) is 30.7. The Bertz CT molecular complexity index is 1350. The number of nitrogens with zero attached hydrogens (tertiary/aromatic N) is 2. The molecule has 3 aliphatic rings. The number of thioether (sulfide) groups is 1. The van der Waals surface area contributed by atoms with Gasteiger partial charge in [-0.05, 0) is 80.7 Å². The molecule has 6 nitrogen and oxygen atoms in total. The minimum Gasteiger partial charge on any atom is -0.379 e. The first-order chi connectivity index (χ1) is 19.7. The Hall–Kier alpha value is -2.73.